The van der Waals surface area contributed by atoms with Crippen LogP contribution in [0, 0.1) is 6.92 Å². The lowest BCUT2D eigenvalue weighted by Gasteiger charge is -2.04. The van der Waals surface area contributed by atoms with E-state index in [1.165, 1.54) is 4.68 Å². The van der Waals surface area contributed by atoms with Crippen molar-refractivity contribution in [3.8, 4) is 5.69 Å². The molecule has 0 aliphatic heterocycles. The van der Waals surface area contributed by atoms with Gasteiger partial charge < -0.3 is 0 Å². The van der Waals surface area contributed by atoms with Crippen LogP contribution in [0.2, 0.25) is 5.02 Å². The van der Waals surface area contributed by atoms with Gasteiger partial charge >= 0.3 is 6.18 Å². The fourth-order valence-electron chi connectivity index (χ4n) is 1.52. The standard InChI is InChI=1S/C11H7BrClF3N2/c1-6-9(12)10(11(14,15)16)17-18(6)8-4-2-3-7(13)5-8/h2-5H,1H3. The third-order valence-corrected chi connectivity index (χ3v) is 3.55. The zero-order valence-electron chi connectivity index (χ0n) is 9.09. The van der Waals surface area contributed by atoms with Gasteiger partial charge in [0.1, 0.15) is 0 Å². The van der Waals surface area contributed by atoms with Crippen LogP contribution in [0.4, 0.5) is 13.2 Å². The molecule has 0 bridgehead atoms. The van der Waals surface area contributed by atoms with Crippen LogP contribution in [0.3, 0.4) is 0 Å². The minimum absolute atomic E-state index is 0.0602. The smallest absolute Gasteiger partial charge is 0.236 e. The van der Waals surface area contributed by atoms with E-state index in [0.29, 0.717) is 16.4 Å². The van der Waals surface area contributed by atoms with Crippen molar-refractivity contribution in [2.75, 3.05) is 0 Å². The van der Waals surface area contributed by atoms with Crippen molar-refractivity contribution < 1.29 is 13.2 Å². The highest BCUT2D eigenvalue weighted by atomic mass is 79.9. The zero-order chi connectivity index (χ0) is 13.5. The Bertz CT molecular complexity index is 592. The molecular formula is C11H7BrClF3N2. The van der Waals surface area contributed by atoms with Gasteiger partial charge in [-0.2, -0.15) is 18.3 Å². The fourth-order valence-corrected chi connectivity index (χ4v) is 2.18. The summed E-state index contributed by atoms with van der Waals surface area (Å²) in [5.74, 6) is 0. The Morgan fingerprint density at radius 3 is 2.50 bits per heavy atom. The Kier molecular flexibility index (Phi) is 3.42. The second-order valence-electron chi connectivity index (χ2n) is 3.64. The lowest BCUT2D eigenvalue weighted by Crippen LogP contribution is -2.08. The molecule has 0 aliphatic rings. The van der Waals surface area contributed by atoms with Crippen LogP contribution in [-0.4, -0.2) is 9.78 Å². The monoisotopic (exact) mass is 338 g/mol. The number of hydrogen-bond acceptors (Lipinski definition) is 1. The Hall–Kier alpha value is -1.01. The van der Waals surface area contributed by atoms with Gasteiger partial charge in [0.05, 0.1) is 15.9 Å². The maximum absolute atomic E-state index is 12.7. The van der Waals surface area contributed by atoms with E-state index in [-0.39, 0.29) is 4.47 Å². The summed E-state index contributed by atoms with van der Waals surface area (Å²) in [5.41, 5.74) is -0.0965. The van der Waals surface area contributed by atoms with Crippen molar-refractivity contribution in [3.05, 3.63) is 45.1 Å². The Morgan fingerprint density at radius 2 is 2.00 bits per heavy atom. The number of rotatable bonds is 1. The lowest BCUT2D eigenvalue weighted by molar-refractivity contribution is -0.141. The number of aromatic nitrogens is 2. The van der Waals surface area contributed by atoms with Crippen LogP contribution in [0.5, 0.6) is 0 Å². The van der Waals surface area contributed by atoms with Gasteiger partial charge in [-0.25, -0.2) is 4.68 Å². The van der Waals surface area contributed by atoms with Crippen molar-refractivity contribution in [1.82, 2.24) is 9.78 Å². The lowest BCUT2D eigenvalue weighted by atomic mass is 10.3. The van der Waals surface area contributed by atoms with Crippen molar-refractivity contribution in [2.24, 2.45) is 0 Å². The van der Waals surface area contributed by atoms with Crippen LogP contribution in [0.25, 0.3) is 5.69 Å². The van der Waals surface area contributed by atoms with E-state index in [1.807, 2.05) is 0 Å². The quantitative estimate of drug-likeness (QED) is 0.741. The predicted molar refractivity (Wildman–Crippen MR) is 66.0 cm³/mol. The molecule has 0 fully saturated rings. The molecule has 2 aromatic rings. The highest BCUT2D eigenvalue weighted by Crippen LogP contribution is 2.36. The van der Waals surface area contributed by atoms with E-state index in [4.69, 9.17) is 11.6 Å². The molecular weight excluding hydrogens is 332 g/mol. The molecule has 96 valence electrons. The molecule has 2 nitrogen and oxygen atoms in total. The second-order valence-corrected chi connectivity index (χ2v) is 4.87. The molecule has 18 heavy (non-hydrogen) atoms. The summed E-state index contributed by atoms with van der Waals surface area (Å²) < 4.78 is 39.3. The van der Waals surface area contributed by atoms with Crippen LogP contribution in [0.15, 0.2) is 28.7 Å². The van der Waals surface area contributed by atoms with Gasteiger partial charge in [0.2, 0.25) is 0 Å². The van der Waals surface area contributed by atoms with Crippen molar-refractivity contribution in [2.45, 2.75) is 13.1 Å². The van der Waals surface area contributed by atoms with E-state index in [1.54, 1.807) is 31.2 Å². The highest BCUT2D eigenvalue weighted by molar-refractivity contribution is 9.10. The molecule has 0 saturated carbocycles. The normalized spacial score (nSPS) is 11.9. The van der Waals surface area contributed by atoms with Gasteiger partial charge in [-0.1, -0.05) is 17.7 Å². The van der Waals surface area contributed by atoms with Crippen LogP contribution in [-0.2, 0) is 6.18 Å². The molecule has 0 N–H and O–H groups in total. The van der Waals surface area contributed by atoms with Gasteiger partial charge in [0.25, 0.3) is 0 Å². The first-order valence-corrected chi connectivity index (χ1v) is 6.06. The van der Waals surface area contributed by atoms with Gasteiger partial charge in [0, 0.05) is 5.02 Å². The number of benzene rings is 1. The molecule has 1 heterocycles. The maximum atomic E-state index is 12.7. The average Bonchev–Trinajstić information content (AvgIpc) is 2.55. The number of halogens is 5. The third-order valence-electron chi connectivity index (χ3n) is 2.36. The molecule has 1 aromatic heterocycles. The number of alkyl halides is 3. The predicted octanol–water partition coefficient (Wildman–Crippen LogP) is 4.62. The van der Waals surface area contributed by atoms with E-state index in [2.05, 4.69) is 21.0 Å². The minimum atomic E-state index is -4.49. The number of nitrogens with zero attached hydrogens (tertiary/aromatic N) is 2. The Balaban J connectivity index is 2.60. The van der Waals surface area contributed by atoms with E-state index < -0.39 is 11.9 Å². The van der Waals surface area contributed by atoms with Gasteiger partial charge in [-0.15, -0.1) is 0 Å². The van der Waals surface area contributed by atoms with Crippen LogP contribution >= 0.6 is 27.5 Å². The summed E-state index contributed by atoms with van der Waals surface area (Å²) in [6.07, 6.45) is -4.49. The van der Waals surface area contributed by atoms with E-state index in [0.717, 1.165) is 0 Å². The molecule has 0 unspecified atom stereocenters. The molecule has 0 aliphatic carbocycles. The van der Waals surface area contributed by atoms with Gasteiger partial charge in [-0.05, 0) is 41.1 Å². The molecule has 7 heteroatoms. The van der Waals surface area contributed by atoms with Crippen molar-refractivity contribution in [1.29, 1.82) is 0 Å². The topological polar surface area (TPSA) is 17.8 Å². The zero-order valence-corrected chi connectivity index (χ0v) is 11.4. The van der Waals surface area contributed by atoms with Gasteiger partial charge in [-0.3, -0.25) is 0 Å². The summed E-state index contributed by atoms with van der Waals surface area (Å²) in [7, 11) is 0. The SMILES string of the molecule is Cc1c(Br)c(C(F)(F)F)nn1-c1cccc(Cl)c1. The molecule has 0 amide bonds. The maximum Gasteiger partial charge on any atom is 0.436 e. The van der Waals surface area contributed by atoms with Crippen LogP contribution < -0.4 is 0 Å². The average molecular weight is 340 g/mol. The summed E-state index contributed by atoms with van der Waals surface area (Å²) in [6.45, 7) is 1.55. The van der Waals surface area contributed by atoms with Crippen molar-refractivity contribution in [3.63, 3.8) is 0 Å². The Labute approximate surface area is 114 Å². The fraction of sp³-hybridized carbons (Fsp3) is 0.182. The first-order chi connectivity index (χ1) is 8.30. The largest absolute Gasteiger partial charge is 0.436 e. The molecule has 0 spiro atoms. The molecule has 0 radical (unpaired) electrons. The minimum Gasteiger partial charge on any atom is -0.236 e. The summed E-state index contributed by atoms with van der Waals surface area (Å²) >= 11 is 8.72. The molecule has 2 rings (SSSR count). The molecule has 1 aromatic carbocycles. The van der Waals surface area contributed by atoms with Gasteiger partial charge in [0.15, 0.2) is 5.69 Å². The Morgan fingerprint density at radius 1 is 1.33 bits per heavy atom. The summed E-state index contributed by atoms with van der Waals surface area (Å²) in [4.78, 5) is 0. The third kappa shape index (κ3) is 2.40. The van der Waals surface area contributed by atoms with E-state index >= 15 is 0 Å². The first-order valence-electron chi connectivity index (χ1n) is 4.89. The molecule has 0 saturated heterocycles. The number of hydrogen-bond donors (Lipinski definition) is 0. The highest BCUT2D eigenvalue weighted by Gasteiger charge is 2.38. The van der Waals surface area contributed by atoms with Crippen molar-refractivity contribution >= 4 is 27.5 Å². The second kappa shape index (κ2) is 4.59. The molecule has 0 atom stereocenters. The summed E-state index contributed by atoms with van der Waals surface area (Å²) in [6, 6.07) is 6.48. The summed E-state index contributed by atoms with van der Waals surface area (Å²) in [5, 5.41) is 4.02. The van der Waals surface area contributed by atoms with E-state index in [9.17, 15) is 13.2 Å². The van der Waals surface area contributed by atoms with Crippen LogP contribution in [0.1, 0.15) is 11.4 Å². The first kappa shape index (κ1) is 13.4.